The Morgan fingerprint density at radius 1 is 1.33 bits per heavy atom. The summed E-state index contributed by atoms with van der Waals surface area (Å²) in [6.07, 6.45) is 2.70. The largest absolute Gasteiger partial charge is 0.464 e. The lowest BCUT2D eigenvalue weighted by atomic mass is 10.00. The van der Waals surface area contributed by atoms with Crippen LogP contribution in [-0.2, 0) is 6.42 Å². The fourth-order valence-electron chi connectivity index (χ4n) is 1.81. The van der Waals surface area contributed by atoms with Crippen molar-refractivity contribution in [2.24, 2.45) is 5.73 Å². The molecule has 0 unspecified atom stereocenters. The molecule has 15 heavy (non-hydrogen) atoms. The van der Waals surface area contributed by atoms with E-state index in [4.69, 9.17) is 10.2 Å². The maximum Gasteiger partial charge on any atom is 0.134 e. The highest BCUT2D eigenvalue weighted by atomic mass is 16.3. The second kappa shape index (κ2) is 4.07. The van der Waals surface area contributed by atoms with Crippen LogP contribution in [0.15, 0.2) is 28.9 Å². The number of hydrogen-bond acceptors (Lipinski definition) is 2. The van der Waals surface area contributed by atoms with Crippen LogP contribution in [0.4, 0.5) is 0 Å². The number of nitrogens with two attached hydrogens (primary N) is 1. The summed E-state index contributed by atoms with van der Waals surface area (Å²) in [4.78, 5) is 0. The van der Waals surface area contributed by atoms with Crippen LogP contribution in [0.2, 0.25) is 0 Å². The lowest BCUT2D eigenvalue weighted by molar-refractivity contribution is 0.610. The molecule has 1 heterocycles. The molecule has 2 aromatic rings. The molecular weight excluding hydrogens is 186 g/mol. The molecule has 80 valence electrons. The zero-order valence-electron chi connectivity index (χ0n) is 9.29. The number of fused-ring (bicyclic) bond motifs is 1. The van der Waals surface area contributed by atoms with Crippen LogP contribution >= 0.6 is 0 Å². The molecule has 0 radical (unpaired) electrons. The third-order valence-electron chi connectivity index (χ3n) is 2.76. The van der Waals surface area contributed by atoms with E-state index in [0.717, 1.165) is 12.0 Å². The van der Waals surface area contributed by atoms with Crippen LogP contribution in [0.1, 0.15) is 30.9 Å². The standard InChI is InChI=1S/C13H17NO/c1-9(2)10-3-4-13-12(7-10)11(5-6-14)8-15-13/h3-4,7-9H,5-6,14H2,1-2H3. The Morgan fingerprint density at radius 3 is 2.80 bits per heavy atom. The summed E-state index contributed by atoms with van der Waals surface area (Å²) in [6, 6.07) is 6.39. The summed E-state index contributed by atoms with van der Waals surface area (Å²) < 4.78 is 5.48. The molecule has 2 N–H and O–H groups in total. The topological polar surface area (TPSA) is 39.2 Å². The molecule has 0 aliphatic heterocycles. The third kappa shape index (κ3) is 1.90. The van der Waals surface area contributed by atoms with Crippen molar-refractivity contribution in [1.29, 1.82) is 0 Å². The first kappa shape index (κ1) is 10.2. The summed E-state index contributed by atoms with van der Waals surface area (Å²) in [7, 11) is 0. The minimum Gasteiger partial charge on any atom is -0.464 e. The molecule has 2 nitrogen and oxygen atoms in total. The van der Waals surface area contributed by atoms with E-state index in [1.54, 1.807) is 0 Å². The fourth-order valence-corrected chi connectivity index (χ4v) is 1.81. The summed E-state index contributed by atoms with van der Waals surface area (Å²) >= 11 is 0. The SMILES string of the molecule is CC(C)c1ccc2occ(CCN)c2c1. The molecule has 0 aliphatic carbocycles. The lowest BCUT2D eigenvalue weighted by Crippen LogP contribution is -2.01. The summed E-state index contributed by atoms with van der Waals surface area (Å²) in [5, 5.41) is 1.21. The maximum atomic E-state index is 5.57. The molecule has 0 saturated heterocycles. The van der Waals surface area contributed by atoms with Crippen molar-refractivity contribution < 1.29 is 4.42 Å². The first-order valence-corrected chi connectivity index (χ1v) is 5.42. The van der Waals surface area contributed by atoms with Crippen LogP contribution in [0, 0.1) is 0 Å². The zero-order valence-corrected chi connectivity index (χ0v) is 9.29. The van der Waals surface area contributed by atoms with Gasteiger partial charge < -0.3 is 10.2 Å². The van der Waals surface area contributed by atoms with E-state index in [1.165, 1.54) is 16.5 Å². The third-order valence-corrected chi connectivity index (χ3v) is 2.76. The fraction of sp³-hybridized carbons (Fsp3) is 0.385. The van der Waals surface area contributed by atoms with Gasteiger partial charge in [-0.15, -0.1) is 0 Å². The minimum atomic E-state index is 0.551. The highest BCUT2D eigenvalue weighted by Gasteiger charge is 2.07. The Labute approximate surface area is 90.1 Å². The first-order chi connectivity index (χ1) is 7.22. The lowest BCUT2D eigenvalue weighted by Gasteiger charge is -2.04. The predicted molar refractivity (Wildman–Crippen MR) is 63.1 cm³/mol. The van der Waals surface area contributed by atoms with Gasteiger partial charge in [-0.2, -0.15) is 0 Å². The molecule has 2 heteroatoms. The van der Waals surface area contributed by atoms with Gasteiger partial charge in [0.1, 0.15) is 5.58 Å². The van der Waals surface area contributed by atoms with Crippen molar-refractivity contribution in [2.45, 2.75) is 26.2 Å². The Hall–Kier alpha value is -1.28. The van der Waals surface area contributed by atoms with Crippen LogP contribution in [0.3, 0.4) is 0 Å². The van der Waals surface area contributed by atoms with Gasteiger partial charge >= 0.3 is 0 Å². The van der Waals surface area contributed by atoms with Crippen molar-refractivity contribution in [1.82, 2.24) is 0 Å². The number of hydrogen-bond donors (Lipinski definition) is 1. The van der Waals surface area contributed by atoms with Crippen molar-refractivity contribution in [2.75, 3.05) is 6.54 Å². The van der Waals surface area contributed by atoms with Crippen LogP contribution in [0.25, 0.3) is 11.0 Å². The van der Waals surface area contributed by atoms with Gasteiger partial charge in [-0.05, 0) is 42.1 Å². The van der Waals surface area contributed by atoms with Crippen molar-refractivity contribution in [3.63, 3.8) is 0 Å². The Morgan fingerprint density at radius 2 is 2.13 bits per heavy atom. The van der Waals surface area contributed by atoms with E-state index in [0.29, 0.717) is 12.5 Å². The summed E-state index contributed by atoms with van der Waals surface area (Å²) in [5.41, 5.74) is 9.09. The first-order valence-electron chi connectivity index (χ1n) is 5.42. The number of furan rings is 1. The molecule has 0 amide bonds. The maximum absolute atomic E-state index is 5.57. The molecule has 1 aromatic heterocycles. The quantitative estimate of drug-likeness (QED) is 0.832. The van der Waals surface area contributed by atoms with Gasteiger partial charge in [0.2, 0.25) is 0 Å². The Bertz CT molecular complexity index is 457. The molecule has 1 aromatic carbocycles. The van der Waals surface area contributed by atoms with Gasteiger partial charge in [-0.3, -0.25) is 0 Å². The van der Waals surface area contributed by atoms with Gasteiger partial charge in [0, 0.05) is 5.39 Å². The normalized spacial score (nSPS) is 11.5. The van der Waals surface area contributed by atoms with Gasteiger partial charge in [-0.1, -0.05) is 19.9 Å². The van der Waals surface area contributed by atoms with E-state index >= 15 is 0 Å². The van der Waals surface area contributed by atoms with Crippen LogP contribution < -0.4 is 5.73 Å². The highest BCUT2D eigenvalue weighted by molar-refractivity contribution is 5.81. The molecule has 0 aliphatic rings. The molecule has 0 atom stereocenters. The summed E-state index contributed by atoms with van der Waals surface area (Å²) in [6.45, 7) is 5.06. The Kier molecular flexibility index (Phi) is 2.78. The van der Waals surface area contributed by atoms with Crippen molar-refractivity contribution in [3.8, 4) is 0 Å². The van der Waals surface area contributed by atoms with Gasteiger partial charge in [-0.25, -0.2) is 0 Å². The molecule has 2 rings (SSSR count). The van der Waals surface area contributed by atoms with E-state index in [1.807, 2.05) is 12.3 Å². The molecule has 0 bridgehead atoms. The number of benzene rings is 1. The average Bonchev–Trinajstić information content (AvgIpc) is 2.61. The second-order valence-corrected chi connectivity index (χ2v) is 4.21. The van der Waals surface area contributed by atoms with Crippen LogP contribution in [0.5, 0.6) is 0 Å². The van der Waals surface area contributed by atoms with E-state index in [2.05, 4.69) is 26.0 Å². The van der Waals surface area contributed by atoms with E-state index in [9.17, 15) is 0 Å². The smallest absolute Gasteiger partial charge is 0.134 e. The Balaban J connectivity index is 2.51. The highest BCUT2D eigenvalue weighted by Crippen LogP contribution is 2.25. The monoisotopic (exact) mass is 203 g/mol. The summed E-state index contributed by atoms with van der Waals surface area (Å²) in [5.74, 6) is 0.551. The van der Waals surface area contributed by atoms with E-state index in [-0.39, 0.29) is 0 Å². The minimum absolute atomic E-state index is 0.551. The van der Waals surface area contributed by atoms with Crippen LogP contribution in [-0.4, -0.2) is 6.54 Å². The molecule has 0 saturated carbocycles. The zero-order chi connectivity index (χ0) is 10.8. The molecule has 0 fully saturated rings. The van der Waals surface area contributed by atoms with Crippen molar-refractivity contribution in [3.05, 3.63) is 35.6 Å². The molecular formula is C13H17NO. The van der Waals surface area contributed by atoms with Gasteiger partial charge in [0.15, 0.2) is 0 Å². The van der Waals surface area contributed by atoms with Gasteiger partial charge in [0.25, 0.3) is 0 Å². The van der Waals surface area contributed by atoms with Crippen molar-refractivity contribution >= 4 is 11.0 Å². The second-order valence-electron chi connectivity index (χ2n) is 4.21. The number of rotatable bonds is 3. The predicted octanol–water partition coefficient (Wildman–Crippen LogP) is 3.06. The van der Waals surface area contributed by atoms with Gasteiger partial charge in [0.05, 0.1) is 6.26 Å². The molecule has 0 spiro atoms. The average molecular weight is 203 g/mol. The van der Waals surface area contributed by atoms with E-state index < -0.39 is 0 Å².